The standard InChI is InChI=1S/C26H29FN2O2/c1-3-31-26(30)16-19-11-12-25(24(27)15-19)29-14-13-21(17-29)28-18(2)22-10-6-8-20-7-4-5-9-23(20)22/h4-12,15,18,21,28H,3,13-14,16-17H2,1-2H3/t18-,21+/m1/s1. The summed E-state index contributed by atoms with van der Waals surface area (Å²) in [6.07, 6.45) is 1.05. The highest BCUT2D eigenvalue weighted by Gasteiger charge is 2.26. The van der Waals surface area contributed by atoms with Crippen molar-refractivity contribution in [3.05, 3.63) is 77.6 Å². The van der Waals surface area contributed by atoms with Gasteiger partial charge in [-0.25, -0.2) is 4.39 Å². The SMILES string of the molecule is CCOC(=O)Cc1ccc(N2CC[C@H](N[C@H](C)c3cccc4ccccc34)C2)c(F)c1. The van der Waals surface area contributed by atoms with Crippen LogP contribution in [0, 0.1) is 5.82 Å². The lowest BCUT2D eigenvalue weighted by Crippen LogP contribution is -2.34. The van der Waals surface area contributed by atoms with E-state index < -0.39 is 0 Å². The van der Waals surface area contributed by atoms with E-state index in [1.807, 2.05) is 6.07 Å². The Morgan fingerprint density at radius 1 is 1.19 bits per heavy atom. The first-order chi connectivity index (χ1) is 15.0. The number of hydrogen-bond acceptors (Lipinski definition) is 4. The van der Waals surface area contributed by atoms with Gasteiger partial charge in [-0.1, -0.05) is 48.5 Å². The predicted octanol–water partition coefficient (Wildman–Crippen LogP) is 5.01. The normalized spacial score (nSPS) is 17.1. The van der Waals surface area contributed by atoms with Gasteiger partial charge in [-0.05, 0) is 54.3 Å². The van der Waals surface area contributed by atoms with Gasteiger partial charge in [0.15, 0.2) is 0 Å². The zero-order chi connectivity index (χ0) is 21.8. The average Bonchev–Trinajstić information content (AvgIpc) is 3.21. The molecule has 4 rings (SSSR count). The minimum atomic E-state index is -0.331. The molecule has 0 radical (unpaired) electrons. The van der Waals surface area contributed by atoms with E-state index in [-0.39, 0.29) is 30.3 Å². The highest BCUT2D eigenvalue weighted by molar-refractivity contribution is 5.86. The fourth-order valence-corrected chi connectivity index (χ4v) is 4.48. The van der Waals surface area contributed by atoms with Crippen molar-refractivity contribution in [3.8, 4) is 0 Å². The molecule has 1 aliphatic rings. The molecule has 31 heavy (non-hydrogen) atoms. The number of anilines is 1. The topological polar surface area (TPSA) is 41.6 Å². The van der Waals surface area contributed by atoms with Crippen LogP contribution in [0.2, 0.25) is 0 Å². The summed E-state index contributed by atoms with van der Waals surface area (Å²) in [6.45, 7) is 5.84. The van der Waals surface area contributed by atoms with E-state index in [0.29, 0.717) is 17.9 Å². The van der Waals surface area contributed by atoms with Gasteiger partial charge in [0.2, 0.25) is 0 Å². The van der Waals surface area contributed by atoms with Crippen LogP contribution in [0.5, 0.6) is 0 Å². The summed E-state index contributed by atoms with van der Waals surface area (Å²) in [7, 11) is 0. The highest BCUT2D eigenvalue weighted by atomic mass is 19.1. The van der Waals surface area contributed by atoms with Crippen molar-refractivity contribution < 1.29 is 13.9 Å². The number of carbonyl (C=O) groups is 1. The van der Waals surface area contributed by atoms with Crippen molar-refractivity contribution in [1.82, 2.24) is 5.32 Å². The Morgan fingerprint density at radius 2 is 2.00 bits per heavy atom. The summed E-state index contributed by atoms with van der Waals surface area (Å²) in [5.74, 6) is -0.618. The minimum Gasteiger partial charge on any atom is -0.466 e. The molecule has 4 nitrogen and oxygen atoms in total. The van der Waals surface area contributed by atoms with Crippen molar-refractivity contribution in [2.45, 2.75) is 38.8 Å². The summed E-state index contributed by atoms with van der Waals surface area (Å²) in [6, 6.07) is 20.4. The quantitative estimate of drug-likeness (QED) is 0.546. The van der Waals surface area contributed by atoms with Gasteiger partial charge >= 0.3 is 5.97 Å². The Morgan fingerprint density at radius 3 is 2.81 bits per heavy atom. The molecular weight excluding hydrogens is 391 g/mol. The first-order valence-corrected chi connectivity index (χ1v) is 11.0. The Kier molecular flexibility index (Phi) is 6.52. The van der Waals surface area contributed by atoms with E-state index in [9.17, 15) is 9.18 Å². The second-order valence-electron chi connectivity index (χ2n) is 8.16. The summed E-state index contributed by atoms with van der Waals surface area (Å²) < 4.78 is 19.7. The second-order valence-corrected chi connectivity index (χ2v) is 8.16. The number of halogens is 1. The summed E-state index contributed by atoms with van der Waals surface area (Å²) in [5, 5.41) is 6.24. The number of nitrogens with zero attached hydrogens (tertiary/aromatic N) is 1. The average molecular weight is 421 g/mol. The van der Waals surface area contributed by atoms with Crippen molar-refractivity contribution in [3.63, 3.8) is 0 Å². The first kappa shape index (κ1) is 21.3. The molecule has 2 atom stereocenters. The predicted molar refractivity (Wildman–Crippen MR) is 123 cm³/mol. The largest absolute Gasteiger partial charge is 0.466 e. The van der Waals surface area contributed by atoms with E-state index in [1.165, 1.54) is 22.4 Å². The molecule has 1 saturated heterocycles. The van der Waals surface area contributed by atoms with Gasteiger partial charge in [0.05, 0.1) is 18.7 Å². The van der Waals surface area contributed by atoms with E-state index >= 15 is 0 Å². The third kappa shape index (κ3) is 4.88. The molecule has 0 spiro atoms. The lowest BCUT2D eigenvalue weighted by molar-refractivity contribution is -0.142. The summed E-state index contributed by atoms with van der Waals surface area (Å²) in [5.41, 5.74) is 2.51. The monoisotopic (exact) mass is 420 g/mol. The third-order valence-corrected chi connectivity index (χ3v) is 5.97. The number of benzene rings is 3. The van der Waals surface area contributed by atoms with Crippen LogP contribution in [0.15, 0.2) is 60.7 Å². The molecule has 0 aromatic heterocycles. The van der Waals surface area contributed by atoms with Gasteiger partial charge in [-0.2, -0.15) is 0 Å². The number of carbonyl (C=O) groups excluding carboxylic acids is 1. The highest BCUT2D eigenvalue weighted by Crippen LogP contribution is 2.28. The molecule has 162 valence electrons. The molecule has 1 fully saturated rings. The smallest absolute Gasteiger partial charge is 0.310 e. The van der Waals surface area contributed by atoms with Gasteiger partial charge in [-0.3, -0.25) is 4.79 Å². The maximum absolute atomic E-state index is 14.8. The van der Waals surface area contributed by atoms with Gasteiger partial charge in [0.1, 0.15) is 5.82 Å². The van der Waals surface area contributed by atoms with E-state index in [0.717, 1.165) is 19.5 Å². The Bertz CT molecular complexity index is 1060. The zero-order valence-electron chi connectivity index (χ0n) is 18.1. The third-order valence-electron chi connectivity index (χ3n) is 5.97. The van der Waals surface area contributed by atoms with Crippen LogP contribution in [0.1, 0.15) is 37.4 Å². The molecule has 0 amide bonds. The second kappa shape index (κ2) is 9.48. The lowest BCUT2D eigenvalue weighted by atomic mass is 9.99. The van der Waals surface area contributed by atoms with Gasteiger partial charge < -0.3 is 15.0 Å². The van der Waals surface area contributed by atoms with Crippen LogP contribution in [0.25, 0.3) is 10.8 Å². The van der Waals surface area contributed by atoms with Crippen LogP contribution >= 0.6 is 0 Å². The molecule has 1 aliphatic heterocycles. The number of nitrogens with one attached hydrogen (secondary N) is 1. The van der Waals surface area contributed by atoms with Crippen LogP contribution in [0.3, 0.4) is 0 Å². The molecule has 0 unspecified atom stereocenters. The van der Waals surface area contributed by atoms with Gasteiger partial charge in [-0.15, -0.1) is 0 Å². The van der Waals surface area contributed by atoms with Crippen molar-refractivity contribution in [2.24, 2.45) is 0 Å². The van der Waals surface area contributed by atoms with Crippen LogP contribution in [-0.4, -0.2) is 31.7 Å². The van der Waals surface area contributed by atoms with Gasteiger partial charge in [0, 0.05) is 25.2 Å². The summed E-state index contributed by atoms with van der Waals surface area (Å²) >= 11 is 0. The first-order valence-electron chi connectivity index (χ1n) is 11.0. The Balaban J connectivity index is 1.41. The minimum absolute atomic E-state index is 0.0950. The molecule has 5 heteroatoms. The van der Waals surface area contributed by atoms with E-state index in [4.69, 9.17) is 4.74 Å². The van der Waals surface area contributed by atoms with E-state index in [2.05, 4.69) is 59.6 Å². The van der Waals surface area contributed by atoms with Gasteiger partial charge in [0.25, 0.3) is 0 Å². The maximum atomic E-state index is 14.8. The molecule has 0 saturated carbocycles. The number of rotatable bonds is 7. The maximum Gasteiger partial charge on any atom is 0.310 e. The Labute approximate surface area is 183 Å². The van der Waals surface area contributed by atoms with E-state index in [1.54, 1.807) is 13.0 Å². The molecule has 0 bridgehead atoms. The van der Waals surface area contributed by atoms with Crippen LogP contribution in [-0.2, 0) is 16.0 Å². The number of esters is 1. The number of fused-ring (bicyclic) bond motifs is 1. The molecular formula is C26H29FN2O2. The number of hydrogen-bond donors (Lipinski definition) is 1. The van der Waals surface area contributed by atoms with Crippen molar-refractivity contribution in [1.29, 1.82) is 0 Å². The molecule has 1 N–H and O–H groups in total. The molecule has 3 aromatic carbocycles. The lowest BCUT2D eigenvalue weighted by Gasteiger charge is -2.23. The van der Waals surface area contributed by atoms with Crippen LogP contribution < -0.4 is 10.2 Å². The molecule has 3 aromatic rings. The van der Waals surface area contributed by atoms with Crippen LogP contribution in [0.4, 0.5) is 10.1 Å². The zero-order valence-corrected chi connectivity index (χ0v) is 18.1. The number of ether oxygens (including phenoxy) is 1. The Hall–Kier alpha value is -2.92. The van der Waals surface area contributed by atoms with Crippen molar-refractivity contribution in [2.75, 3.05) is 24.6 Å². The molecule has 0 aliphatic carbocycles. The van der Waals surface area contributed by atoms with Crippen molar-refractivity contribution >= 4 is 22.4 Å². The summed E-state index contributed by atoms with van der Waals surface area (Å²) in [4.78, 5) is 13.7. The fraction of sp³-hybridized carbons (Fsp3) is 0.346. The molecule has 1 heterocycles. The fourth-order valence-electron chi connectivity index (χ4n) is 4.48.